The molecule has 1 amide bonds. The molecule has 3 aromatic rings. The predicted octanol–water partition coefficient (Wildman–Crippen LogP) is 4.71. The van der Waals surface area contributed by atoms with Crippen molar-refractivity contribution in [2.24, 2.45) is 0 Å². The first kappa shape index (κ1) is 17.8. The number of aryl methyl sites for hydroxylation is 1. The smallest absolute Gasteiger partial charge is 0.258 e. The van der Waals surface area contributed by atoms with Gasteiger partial charge in [-0.25, -0.2) is 4.98 Å². The molecule has 0 spiro atoms. The molecule has 2 aromatic heterocycles. The van der Waals surface area contributed by atoms with E-state index in [0.717, 1.165) is 10.7 Å². The number of ether oxygens (including phenoxy) is 1. The summed E-state index contributed by atoms with van der Waals surface area (Å²) in [5.74, 6) is 1.44. The van der Waals surface area contributed by atoms with Gasteiger partial charge in [0.1, 0.15) is 17.2 Å². The molecule has 0 saturated heterocycles. The molecule has 0 aliphatic rings. The lowest BCUT2D eigenvalue weighted by Gasteiger charge is -2.08. The van der Waals surface area contributed by atoms with Gasteiger partial charge in [0, 0.05) is 10.4 Å². The number of thiazole rings is 1. The van der Waals surface area contributed by atoms with Crippen LogP contribution in [0.25, 0.3) is 11.5 Å². The summed E-state index contributed by atoms with van der Waals surface area (Å²) in [5.41, 5.74) is 0.792. The van der Waals surface area contributed by atoms with Crippen LogP contribution in [0.5, 0.6) is 5.75 Å². The van der Waals surface area contributed by atoms with E-state index in [1.807, 2.05) is 18.4 Å². The Kier molecular flexibility index (Phi) is 5.63. The Morgan fingerprint density at radius 2 is 2.16 bits per heavy atom. The van der Waals surface area contributed by atoms with Gasteiger partial charge in [0.2, 0.25) is 0 Å². The minimum atomic E-state index is -0.284. The van der Waals surface area contributed by atoms with Gasteiger partial charge in [-0.2, -0.15) is 0 Å². The van der Waals surface area contributed by atoms with Gasteiger partial charge in [-0.3, -0.25) is 4.79 Å². The number of hydrogen-bond donors (Lipinski definition) is 1. The van der Waals surface area contributed by atoms with Crippen molar-refractivity contribution in [2.75, 3.05) is 6.61 Å². The van der Waals surface area contributed by atoms with Crippen molar-refractivity contribution in [1.82, 2.24) is 10.3 Å². The molecule has 1 aromatic carbocycles. The fourth-order valence-electron chi connectivity index (χ4n) is 2.06. The van der Waals surface area contributed by atoms with Gasteiger partial charge in [-0.05, 0) is 37.3 Å². The van der Waals surface area contributed by atoms with Crippen molar-refractivity contribution in [2.45, 2.75) is 13.5 Å². The first-order valence-electron chi connectivity index (χ1n) is 7.37. The zero-order valence-electron chi connectivity index (χ0n) is 13.2. The second-order valence-corrected chi connectivity index (χ2v) is 7.06. The molecule has 0 unspecified atom stereocenters. The summed E-state index contributed by atoms with van der Waals surface area (Å²) in [6, 6.07) is 8.46. The van der Waals surface area contributed by atoms with Crippen LogP contribution in [0.1, 0.15) is 10.8 Å². The number of amides is 1. The van der Waals surface area contributed by atoms with E-state index in [4.69, 9.17) is 32.4 Å². The van der Waals surface area contributed by atoms with Gasteiger partial charge >= 0.3 is 0 Å². The number of aromatic nitrogens is 1. The number of nitrogens with zero attached hydrogens (tertiary/aromatic N) is 1. The Balaban J connectivity index is 1.50. The number of furan rings is 1. The molecule has 8 heteroatoms. The summed E-state index contributed by atoms with van der Waals surface area (Å²) in [6.45, 7) is 2.05. The zero-order chi connectivity index (χ0) is 17.8. The summed E-state index contributed by atoms with van der Waals surface area (Å²) >= 11 is 13.4. The van der Waals surface area contributed by atoms with Crippen molar-refractivity contribution in [3.05, 3.63) is 56.5 Å². The predicted molar refractivity (Wildman–Crippen MR) is 98.4 cm³/mol. The van der Waals surface area contributed by atoms with Crippen LogP contribution in [0, 0.1) is 6.92 Å². The Hall–Kier alpha value is -2.02. The largest absolute Gasteiger partial charge is 0.482 e. The van der Waals surface area contributed by atoms with Crippen LogP contribution in [-0.4, -0.2) is 17.5 Å². The van der Waals surface area contributed by atoms with Crippen LogP contribution in [0.4, 0.5) is 0 Å². The van der Waals surface area contributed by atoms with E-state index in [1.54, 1.807) is 35.6 Å². The van der Waals surface area contributed by atoms with E-state index in [0.29, 0.717) is 27.3 Å². The maximum atomic E-state index is 11.9. The summed E-state index contributed by atoms with van der Waals surface area (Å²) in [5, 5.41) is 6.49. The van der Waals surface area contributed by atoms with Crippen molar-refractivity contribution in [1.29, 1.82) is 0 Å². The first-order chi connectivity index (χ1) is 12.0. The van der Waals surface area contributed by atoms with Crippen LogP contribution in [0.15, 0.2) is 40.1 Å². The molecule has 3 rings (SSSR count). The van der Waals surface area contributed by atoms with Crippen LogP contribution in [-0.2, 0) is 11.3 Å². The third kappa shape index (κ3) is 4.75. The molecule has 2 heterocycles. The van der Waals surface area contributed by atoms with Crippen LogP contribution < -0.4 is 10.1 Å². The molecular weight excluding hydrogens is 383 g/mol. The summed E-state index contributed by atoms with van der Waals surface area (Å²) in [4.78, 5) is 16.3. The minimum Gasteiger partial charge on any atom is -0.482 e. The van der Waals surface area contributed by atoms with Crippen molar-refractivity contribution < 1.29 is 13.9 Å². The van der Waals surface area contributed by atoms with E-state index >= 15 is 0 Å². The van der Waals surface area contributed by atoms with Crippen molar-refractivity contribution in [3.63, 3.8) is 0 Å². The summed E-state index contributed by atoms with van der Waals surface area (Å²) in [6.07, 6.45) is 0. The average molecular weight is 397 g/mol. The fraction of sp³-hybridized carbons (Fsp3) is 0.176. The molecule has 5 nitrogen and oxygen atoms in total. The van der Waals surface area contributed by atoms with E-state index in [2.05, 4.69) is 10.3 Å². The lowest BCUT2D eigenvalue weighted by Crippen LogP contribution is -2.28. The van der Waals surface area contributed by atoms with Gasteiger partial charge in [0.15, 0.2) is 12.4 Å². The van der Waals surface area contributed by atoms with Crippen LogP contribution in [0.2, 0.25) is 10.0 Å². The number of carbonyl (C=O) groups excluding carboxylic acids is 1. The number of benzene rings is 1. The number of carbonyl (C=O) groups is 1. The summed E-state index contributed by atoms with van der Waals surface area (Å²) < 4.78 is 11.1. The number of rotatable bonds is 6. The van der Waals surface area contributed by atoms with Gasteiger partial charge in [-0.15, -0.1) is 11.3 Å². The van der Waals surface area contributed by atoms with Gasteiger partial charge in [0.25, 0.3) is 5.91 Å². The van der Waals surface area contributed by atoms with E-state index in [1.165, 1.54) is 0 Å². The molecule has 0 bridgehead atoms. The highest BCUT2D eigenvalue weighted by atomic mass is 35.5. The maximum Gasteiger partial charge on any atom is 0.258 e. The molecule has 130 valence electrons. The molecule has 0 aliphatic carbocycles. The van der Waals surface area contributed by atoms with Crippen LogP contribution in [0.3, 0.4) is 0 Å². The standard InChI is InChI=1S/C17H14Cl2N2O3S/c1-10-21-14(9-25-10)16-5-3-12(24-16)7-20-17(22)8-23-15-4-2-11(18)6-13(15)19/h2-6,9H,7-8H2,1H3,(H,20,22). The quantitative estimate of drug-likeness (QED) is 0.654. The second kappa shape index (κ2) is 7.91. The highest BCUT2D eigenvalue weighted by Crippen LogP contribution is 2.27. The van der Waals surface area contributed by atoms with Gasteiger partial charge in [-0.1, -0.05) is 23.2 Å². The molecule has 0 saturated carbocycles. The normalized spacial score (nSPS) is 10.7. The van der Waals surface area contributed by atoms with Gasteiger partial charge < -0.3 is 14.5 Å². The average Bonchev–Trinajstić information content (AvgIpc) is 3.21. The SMILES string of the molecule is Cc1nc(-c2ccc(CNC(=O)COc3ccc(Cl)cc3Cl)o2)cs1. The Morgan fingerprint density at radius 3 is 2.88 bits per heavy atom. The third-order valence-electron chi connectivity index (χ3n) is 3.25. The van der Waals surface area contributed by atoms with Gasteiger partial charge in [0.05, 0.1) is 16.6 Å². The lowest BCUT2D eigenvalue weighted by atomic mass is 10.3. The highest BCUT2D eigenvalue weighted by molar-refractivity contribution is 7.09. The first-order valence-corrected chi connectivity index (χ1v) is 9.00. The highest BCUT2D eigenvalue weighted by Gasteiger charge is 2.10. The molecule has 0 fully saturated rings. The fourth-order valence-corrected chi connectivity index (χ4v) is 3.12. The zero-order valence-corrected chi connectivity index (χ0v) is 15.5. The molecule has 0 atom stereocenters. The van der Waals surface area contributed by atoms with Crippen LogP contribution >= 0.6 is 34.5 Å². The number of nitrogens with one attached hydrogen (secondary N) is 1. The molecule has 0 aliphatic heterocycles. The monoisotopic (exact) mass is 396 g/mol. The van der Waals surface area contributed by atoms with E-state index in [9.17, 15) is 4.79 Å². The molecule has 25 heavy (non-hydrogen) atoms. The summed E-state index contributed by atoms with van der Waals surface area (Å²) in [7, 11) is 0. The molecule has 0 radical (unpaired) electrons. The van der Waals surface area contributed by atoms with E-state index in [-0.39, 0.29) is 19.1 Å². The maximum absolute atomic E-state index is 11.9. The second-order valence-electron chi connectivity index (χ2n) is 5.16. The minimum absolute atomic E-state index is 0.153. The Bertz CT molecular complexity index is 892. The molecular formula is C17H14Cl2N2O3S. The number of hydrogen-bond acceptors (Lipinski definition) is 5. The van der Waals surface area contributed by atoms with E-state index < -0.39 is 0 Å². The third-order valence-corrected chi connectivity index (χ3v) is 4.55. The molecule has 1 N–H and O–H groups in total. The lowest BCUT2D eigenvalue weighted by molar-refractivity contribution is -0.123. The number of halogens is 2. The van der Waals surface area contributed by atoms with Crippen molar-refractivity contribution >= 4 is 40.4 Å². The van der Waals surface area contributed by atoms with Crippen molar-refractivity contribution in [3.8, 4) is 17.2 Å². The Morgan fingerprint density at radius 1 is 1.32 bits per heavy atom. The Labute approximate surface area is 158 Å². The topological polar surface area (TPSA) is 64.4 Å².